The molecule has 3 aliphatic rings. The number of hydrogen-bond donors (Lipinski definition) is 1. The van der Waals surface area contributed by atoms with Crippen molar-refractivity contribution in [3.63, 3.8) is 0 Å². The van der Waals surface area contributed by atoms with Crippen molar-refractivity contribution in [3.8, 4) is 5.75 Å². The summed E-state index contributed by atoms with van der Waals surface area (Å²) in [6.45, 7) is 4.65. The van der Waals surface area contributed by atoms with E-state index in [9.17, 15) is 4.79 Å². The number of piperidine rings is 1. The number of amides is 1. The van der Waals surface area contributed by atoms with E-state index in [0.717, 1.165) is 50.3 Å². The summed E-state index contributed by atoms with van der Waals surface area (Å²) in [6, 6.07) is 5.96. The van der Waals surface area contributed by atoms with Crippen molar-refractivity contribution < 1.29 is 9.53 Å². The van der Waals surface area contributed by atoms with Gasteiger partial charge in [-0.2, -0.15) is 0 Å². The molecule has 1 unspecified atom stereocenters. The Morgan fingerprint density at radius 2 is 2.23 bits per heavy atom. The summed E-state index contributed by atoms with van der Waals surface area (Å²) in [5.41, 5.74) is 2.24. The lowest BCUT2D eigenvalue weighted by Crippen LogP contribution is -2.42. The van der Waals surface area contributed by atoms with Crippen molar-refractivity contribution in [2.75, 3.05) is 32.8 Å². The van der Waals surface area contributed by atoms with Crippen LogP contribution in [-0.4, -0.2) is 43.6 Å². The van der Waals surface area contributed by atoms with E-state index in [-0.39, 0.29) is 18.3 Å². The first-order valence-corrected chi connectivity index (χ1v) is 8.02. The smallest absolute Gasteiger partial charge is 0.257 e. The van der Waals surface area contributed by atoms with Gasteiger partial charge in [-0.15, -0.1) is 12.4 Å². The minimum absolute atomic E-state index is 0. The van der Waals surface area contributed by atoms with Crippen LogP contribution in [-0.2, 0) is 6.42 Å². The molecule has 4 rings (SSSR count). The van der Waals surface area contributed by atoms with E-state index in [1.807, 2.05) is 17.0 Å². The zero-order valence-corrected chi connectivity index (χ0v) is 13.6. The van der Waals surface area contributed by atoms with E-state index >= 15 is 0 Å². The first kappa shape index (κ1) is 15.6. The Bertz CT molecular complexity index is 570. The second-order valence-electron chi connectivity index (χ2n) is 6.65. The lowest BCUT2D eigenvalue weighted by molar-refractivity contribution is 0.0760. The second kappa shape index (κ2) is 6.09. The molecule has 22 heavy (non-hydrogen) atoms. The summed E-state index contributed by atoms with van der Waals surface area (Å²) >= 11 is 0. The number of likely N-dealkylation sites (tertiary alicyclic amines) is 1. The number of nitrogens with one attached hydrogen (secondary N) is 1. The average Bonchev–Trinajstić information content (AvgIpc) is 3.14. The van der Waals surface area contributed by atoms with Crippen LogP contribution >= 0.6 is 12.4 Å². The van der Waals surface area contributed by atoms with Crippen molar-refractivity contribution in [1.82, 2.24) is 10.2 Å². The predicted molar refractivity (Wildman–Crippen MR) is 87.9 cm³/mol. The Morgan fingerprint density at radius 3 is 3.05 bits per heavy atom. The fraction of sp³-hybridized carbons (Fsp3) is 0.588. The van der Waals surface area contributed by atoms with Gasteiger partial charge >= 0.3 is 0 Å². The maximum Gasteiger partial charge on any atom is 0.257 e. The highest BCUT2D eigenvalue weighted by molar-refractivity contribution is 5.97. The summed E-state index contributed by atoms with van der Waals surface area (Å²) in [5, 5.41) is 3.50. The van der Waals surface area contributed by atoms with E-state index < -0.39 is 0 Å². The second-order valence-corrected chi connectivity index (χ2v) is 6.65. The van der Waals surface area contributed by atoms with Gasteiger partial charge in [-0.3, -0.25) is 4.79 Å². The maximum absolute atomic E-state index is 12.9. The van der Waals surface area contributed by atoms with Crippen LogP contribution in [0, 0.1) is 5.41 Å². The number of carbonyl (C=O) groups is 1. The van der Waals surface area contributed by atoms with Crippen molar-refractivity contribution in [2.24, 2.45) is 5.41 Å². The number of nitrogens with zero attached hydrogens (tertiary/aromatic N) is 1. The summed E-state index contributed by atoms with van der Waals surface area (Å²) in [7, 11) is 0. The minimum atomic E-state index is 0. The summed E-state index contributed by atoms with van der Waals surface area (Å²) < 4.78 is 5.69. The van der Waals surface area contributed by atoms with Gasteiger partial charge in [0.05, 0.1) is 12.2 Å². The fourth-order valence-electron chi connectivity index (χ4n) is 4.04. The molecule has 0 radical (unpaired) electrons. The normalized spacial score (nSPS) is 26.5. The van der Waals surface area contributed by atoms with Gasteiger partial charge in [-0.05, 0) is 37.4 Å². The van der Waals surface area contributed by atoms with Crippen LogP contribution in [0.3, 0.4) is 0 Å². The third-order valence-electron chi connectivity index (χ3n) is 5.23. The Hall–Kier alpha value is -1.26. The lowest BCUT2D eigenvalue weighted by atomic mass is 9.80. The monoisotopic (exact) mass is 322 g/mol. The van der Waals surface area contributed by atoms with Crippen molar-refractivity contribution in [3.05, 3.63) is 29.3 Å². The molecular weight excluding hydrogens is 300 g/mol. The van der Waals surface area contributed by atoms with Gasteiger partial charge in [0.15, 0.2) is 0 Å². The zero-order chi connectivity index (χ0) is 14.3. The molecule has 2 saturated heterocycles. The van der Waals surface area contributed by atoms with Crippen LogP contribution in [0.25, 0.3) is 0 Å². The minimum Gasteiger partial charge on any atom is -0.492 e. The Morgan fingerprint density at radius 1 is 1.32 bits per heavy atom. The van der Waals surface area contributed by atoms with Gasteiger partial charge < -0.3 is 15.0 Å². The number of fused-ring (bicyclic) bond motifs is 1. The molecule has 1 amide bonds. The Balaban J connectivity index is 0.00000144. The molecule has 3 heterocycles. The molecule has 1 aromatic carbocycles. The number of hydrogen-bond acceptors (Lipinski definition) is 3. The van der Waals surface area contributed by atoms with E-state index in [0.29, 0.717) is 12.0 Å². The van der Waals surface area contributed by atoms with E-state index in [1.165, 1.54) is 18.4 Å². The van der Waals surface area contributed by atoms with Crippen LogP contribution in [0.1, 0.15) is 35.2 Å². The zero-order valence-electron chi connectivity index (χ0n) is 12.8. The largest absolute Gasteiger partial charge is 0.492 e. The molecule has 4 nitrogen and oxygen atoms in total. The SMILES string of the molecule is Cl.O=C(c1cccc2c1OCC2)N1CCC2(CCCNC2)C1. The molecule has 1 N–H and O–H groups in total. The van der Waals surface area contributed by atoms with E-state index in [4.69, 9.17) is 4.74 Å². The van der Waals surface area contributed by atoms with Crippen LogP contribution in [0.5, 0.6) is 5.75 Å². The first-order valence-electron chi connectivity index (χ1n) is 8.02. The quantitative estimate of drug-likeness (QED) is 0.862. The lowest BCUT2D eigenvalue weighted by Gasteiger charge is -2.33. The highest BCUT2D eigenvalue weighted by atomic mass is 35.5. The van der Waals surface area contributed by atoms with Crippen LogP contribution in [0.4, 0.5) is 0 Å². The van der Waals surface area contributed by atoms with Crippen LogP contribution < -0.4 is 10.1 Å². The molecule has 0 saturated carbocycles. The Kier molecular flexibility index (Phi) is 4.33. The predicted octanol–water partition coefficient (Wildman–Crippen LogP) is 2.26. The number of ether oxygens (including phenoxy) is 1. The average molecular weight is 323 g/mol. The number of rotatable bonds is 1. The van der Waals surface area contributed by atoms with Gasteiger partial charge in [-0.1, -0.05) is 12.1 Å². The maximum atomic E-state index is 12.9. The molecule has 2 fully saturated rings. The van der Waals surface area contributed by atoms with Crippen LogP contribution in [0.2, 0.25) is 0 Å². The number of carbonyl (C=O) groups excluding carboxylic acids is 1. The fourth-order valence-corrected chi connectivity index (χ4v) is 4.04. The van der Waals surface area contributed by atoms with Crippen LogP contribution in [0.15, 0.2) is 18.2 Å². The third-order valence-corrected chi connectivity index (χ3v) is 5.23. The van der Waals surface area contributed by atoms with Gasteiger partial charge in [0.1, 0.15) is 5.75 Å². The first-order chi connectivity index (χ1) is 10.3. The molecule has 1 atom stereocenters. The third kappa shape index (κ3) is 2.59. The van der Waals surface area contributed by atoms with Gasteiger partial charge in [0, 0.05) is 31.5 Å². The molecule has 3 aliphatic heterocycles. The molecule has 1 spiro atoms. The number of para-hydroxylation sites is 1. The highest BCUT2D eigenvalue weighted by Gasteiger charge is 2.41. The molecule has 1 aromatic rings. The summed E-state index contributed by atoms with van der Waals surface area (Å²) in [4.78, 5) is 14.9. The van der Waals surface area contributed by atoms with Crippen molar-refractivity contribution in [1.29, 1.82) is 0 Å². The van der Waals surface area contributed by atoms with E-state index in [1.54, 1.807) is 0 Å². The Labute approximate surface area is 137 Å². The van der Waals surface area contributed by atoms with Crippen molar-refractivity contribution in [2.45, 2.75) is 25.7 Å². The summed E-state index contributed by atoms with van der Waals surface area (Å²) in [6.07, 6.45) is 4.52. The highest BCUT2D eigenvalue weighted by Crippen LogP contribution is 2.38. The number of halogens is 1. The summed E-state index contributed by atoms with van der Waals surface area (Å²) in [5.74, 6) is 0.974. The van der Waals surface area contributed by atoms with Gasteiger partial charge in [-0.25, -0.2) is 0 Å². The van der Waals surface area contributed by atoms with Gasteiger partial charge in [0.2, 0.25) is 0 Å². The number of benzene rings is 1. The molecule has 120 valence electrons. The standard InChI is InChI=1S/C17H22N2O2.ClH/c20-16(14-4-1-3-13-5-10-21-15(13)14)19-9-7-17(12-19)6-2-8-18-11-17;/h1,3-4,18H,2,5-12H2;1H. The van der Waals surface area contributed by atoms with E-state index in [2.05, 4.69) is 11.4 Å². The molecule has 5 heteroatoms. The topological polar surface area (TPSA) is 41.6 Å². The molecular formula is C17H23ClN2O2. The molecule has 0 aliphatic carbocycles. The molecule has 0 aromatic heterocycles. The molecule has 0 bridgehead atoms. The van der Waals surface area contributed by atoms with Gasteiger partial charge in [0.25, 0.3) is 5.91 Å². The van der Waals surface area contributed by atoms with Crippen molar-refractivity contribution >= 4 is 18.3 Å².